The summed E-state index contributed by atoms with van der Waals surface area (Å²) < 4.78 is 0. The summed E-state index contributed by atoms with van der Waals surface area (Å²) >= 11 is 1.46. The Bertz CT molecular complexity index is 615. The number of aromatic nitrogens is 1. The third-order valence-corrected chi connectivity index (χ3v) is 3.45. The number of nitrogens with zero attached hydrogens (tertiary/aromatic N) is 1. The highest BCUT2D eigenvalue weighted by Gasteiger charge is 2.06. The Morgan fingerprint density at radius 3 is 2.58 bits per heavy atom. The number of thiazole rings is 1. The Morgan fingerprint density at radius 1 is 1.32 bits per heavy atom. The molecule has 0 spiro atoms. The van der Waals surface area contributed by atoms with E-state index in [0.717, 1.165) is 21.3 Å². The zero-order valence-electron chi connectivity index (χ0n) is 10.7. The van der Waals surface area contributed by atoms with Crippen LogP contribution < -0.4 is 5.32 Å². The first-order valence-electron chi connectivity index (χ1n) is 5.77. The molecule has 0 saturated carbocycles. The van der Waals surface area contributed by atoms with Gasteiger partial charge in [-0.2, -0.15) is 0 Å². The molecule has 1 aromatic heterocycles. The predicted octanol–water partition coefficient (Wildman–Crippen LogP) is 3.12. The van der Waals surface area contributed by atoms with Crippen LogP contribution in [-0.4, -0.2) is 16.0 Å². The lowest BCUT2D eigenvalue weighted by Crippen LogP contribution is -2.07. The summed E-state index contributed by atoms with van der Waals surface area (Å²) in [5.74, 6) is 0.0113. The van der Waals surface area contributed by atoms with Crippen LogP contribution in [0.2, 0.25) is 0 Å². The van der Waals surface area contributed by atoms with Crippen LogP contribution in [-0.2, 0) is 4.79 Å². The number of phenolic OH excluding ortho intramolecular Hbond substituents is 1. The minimum Gasteiger partial charge on any atom is -0.508 e. The highest BCUT2D eigenvalue weighted by molar-refractivity contribution is 7.16. The van der Waals surface area contributed by atoms with Gasteiger partial charge in [-0.05, 0) is 37.6 Å². The van der Waals surface area contributed by atoms with Crippen molar-refractivity contribution in [2.75, 3.05) is 5.32 Å². The van der Waals surface area contributed by atoms with Gasteiger partial charge in [0.2, 0.25) is 5.91 Å². The van der Waals surface area contributed by atoms with Crippen LogP contribution in [0.4, 0.5) is 5.00 Å². The molecule has 0 bridgehead atoms. The van der Waals surface area contributed by atoms with Crippen LogP contribution in [0, 0.1) is 13.8 Å². The average molecular weight is 274 g/mol. The Labute approximate surface area is 115 Å². The average Bonchev–Trinajstić information content (AvgIpc) is 2.67. The maximum absolute atomic E-state index is 11.7. The fourth-order valence-corrected chi connectivity index (χ4v) is 2.38. The second-order valence-electron chi connectivity index (χ2n) is 4.06. The molecule has 0 fully saturated rings. The van der Waals surface area contributed by atoms with Crippen molar-refractivity contribution in [2.45, 2.75) is 13.8 Å². The van der Waals surface area contributed by atoms with Crippen LogP contribution in [0.15, 0.2) is 30.3 Å². The van der Waals surface area contributed by atoms with Gasteiger partial charge in [0.05, 0.1) is 10.7 Å². The fraction of sp³-hybridized carbons (Fsp3) is 0.143. The number of phenols is 1. The molecule has 2 rings (SSSR count). The summed E-state index contributed by atoms with van der Waals surface area (Å²) in [4.78, 5) is 16.0. The predicted molar refractivity (Wildman–Crippen MR) is 77.4 cm³/mol. The summed E-state index contributed by atoms with van der Waals surface area (Å²) in [7, 11) is 0. The summed E-state index contributed by atoms with van der Waals surface area (Å²) in [6, 6.07) is 6.63. The van der Waals surface area contributed by atoms with Gasteiger partial charge < -0.3 is 10.4 Å². The number of benzene rings is 1. The molecule has 0 aliphatic heterocycles. The van der Waals surface area contributed by atoms with E-state index in [9.17, 15) is 4.79 Å². The van der Waals surface area contributed by atoms with Crippen molar-refractivity contribution in [3.63, 3.8) is 0 Å². The van der Waals surface area contributed by atoms with Gasteiger partial charge in [0.1, 0.15) is 10.8 Å². The molecule has 0 saturated heterocycles. The summed E-state index contributed by atoms with van der Waals surface area (Å²) in [6.07, 6.45) is 3.15. The number of hydrogen-bond acceptors (Lipinski definition) is 4. The van der Waals surface area contributed by atoms with E-state index in [2.05, 4.69) is 10.3 Å². The fourth-order valence-electron chi connectivity index (χ4n) is 1.56. The number of nitrogens with one attached hydrogen (secondary N) is 1. The van der Waals surface area contributed by atoms with Crippen molar-refractivity contribution in [1.29, 1.82) is 0 Å². The molecule has 19 heavy (non-hydrogen) atoms. The van der Waals surface area contributed by atoms with Crippen molar-refractivity contribution >= 4 is 28.3 Å². The van der Waals surface area contributed by atoms with E-state index < -0.39 is 0 Å². The van der Waals surface area contributed by atoms with Gasteiger partial charge in [-0.1, -0.05) is 12.1 Å². The van der Waals surface area contributed by atoms with E-state index in [4.69, 9.17) is 5.11 Å². The molecular formula is C14H14N2O2S. The maximum Gasteiger partial charge on any atom is 0.249 e. The highest BCUT2D eigenvalue weighted by atomic mass is 32.1. The van der Waals surface area contributed by atoms with Crippen LogP contribution in [0.5, 0.6) is 5.75 Å². The lowest BCUT2D eigenvalue weighted by Gasteiger charge is -1.98. The molecule has 2 aromatic rings. The lowest BCUT2D eigenvalue weighted by atomic mass is 10.2. The Kier molecular flexibility index (Phi) is 3.97. The number of amides is 1. The summed E-state index contributed by atoms with van der Waals surface area (Å²) in [6.45, 7) is 3.77. The van der Waals surface area contributed by atoms with E-state index in [1.165, 1.54) is 17.4 Å². The number of carbonyl (C=O) groups is 1. The largest absolute Gasteiger partial charge is 0.508 e. The molecule has 0 aliphatic carbocycles. The zero-order valence-corrected chi connectivity index (χ0v) is 11.5. The van der Waals surface area contributed by atoms with Crippen molar-refractivity contribution in [3.8, 4) is 5.75 Å². The van der Waals surface area contributed by atoms with Crippen molar-refractivity contribution in [2.24, 2.45) is 0 Å². The first-order valence-corrected chi connectivity index (χ1v) is 6.58. The third kappa shape index (κ3) is 3.66. The number of aromatic hydroxyl groups is 1. The van der Waals surface area contributed by atoms with Gasteiger partial charge in [-0.15, -0.1) is 11.3 Å². The lowest BCUT2D eigenvalue weighted by molar-refractivity contribution is -0.111. The van der Waals surface area contributed by atoms with Gasteiger partial charge >= 0.3 is 0 Å². The Balaban J connectivity index is 2.01. The van der Waals surface area contributed by atoms with Gasteiger partial charge in [0, 0.05) is 6.08 Å². The molecule has 2 N–H and O–H groups in total. The topological polar surface area (TPSA) is 62.2 Å². The highest BCUT2D eigenvalue weighted by Crippen LogP contribution is 2.23. The van der Waals surface area contributed by atoms with Crippen LogP contribution in [0.25, 0.3) is 6.08 Å². The van der Waals surface area contributed by atoms with Crippen LogP contribution >= 0.6 is 11.3 Å². The van der Waals surface area contributed by atoms with E-state index in [1.807, 2.05) is 13.8 Å². The standard InChI is InChI=1S/C14H14N2O2S/c1-9-14(19-10(2)15-9)16-13(18)8-5-11-3-6-12(17)7-4-11/h3-8,17H,1-2H3,(H,16,18)/b8-5+. The molecule has 5 heteroatoms. The van der Waals surface area contributed by atoms with Crippen molar-refractivity contribution < 1.29 is 9.90 Å². The summed E-state index contributed by atoms with van der Waals surface area (Å²) in [5.41, 5.74) is 1.68. The number of aryl methyl sites for hydroxylation is 2. The number of rotatable bonds is 3. The third-order valence-electron chi connectivity index (χ3n) is 2.46. The Hall–Kier alpha value is -2.14. The molecule has 1 heterocycles. The van der Waals surface area contributed by atoms with Crippen LogP contribution in [0.3, 0.4) is 0 Å². The Morgan fingerprint density at radius 2 is 2.00 bits per heavy atom. The molecule has 0 unspecified atom stereocenters. The van der Waals surface area contributed by atoms with E-state index >= 15 is 0 Å². The van der Waals surface area contributed by atoms with Crippen LogP contribution in [0.1, 0.15) is 16.3 Å². The quantitative estimate of drug-likeness (QED) is 0.845. The molecule has 0 aliphatic rings. The first-order chi connectivity index (χ1) is 9.04. The number of hydrogen-bond donors (Lipinski definition) is 2. The maximum atomic E-state index is 11.7. The second-order valence-corrected chi connectivity index (χ2v) is 5.26. The van der Waals surface area contributed by atoms with Gasteiger partial charge in [-0.3, -0.25) is 4.79 Å². The molecular weight excluding hydrogens is 260 g/mol. The van der Waals surface area contributed by atoms with E-state index in [1.54, 1.807) is 30.3 Å². The second kappa shape index (κ2) is 5.67. The van der Waals surface area contributed by atoms with E-state index in [-0.39, 0.29) is 11.7 Å². The van der Waals surface area contributed by atoms with Crippen molar-refractivity contribution in [1.82, 2.24) is 4.98 Å². The molecule has 98 valence electrons. The smallest absolute Gasteiger partial charge is 0.249 e. The monoisotopic (exact) mass is 274 g/mol. The zero-order chi connectivity index (χ0) is 13.8. The summed E-state index contributed by atoms with van der Waals surface area (Å²) in [5, 5.41) is 13.6. The normalized spacial score (nSPS) is 10.8. The molecule has 1 amide bonds. The first kappa shape index (κ1) is 13.3. The van der Waals surface area contributed by atoms with Gasteiger partial charge in [-0.25, -0.2) is 4.98 Å². The SMILES string of the molecule is Cc1nc(C)c(NC(=O)/C=C/c2ccc(O)cc2)s1. The van der Waals surface area contributed by atoms with Crippen molar-refractivity contribution in [3.05, 3.63) is 46.6 Å². The molecule has 4 nitrogen and oxygen atoms in total. The van der Waals surface area contributed by atoms with E-state index in [0.29, 0.717) is 0 Å². The number of carbonyl (C=O) groups excluding carboxylic acids is 1. The molecule has 0 atom stereocenters. The number of anilines is 1. The van der Waals surface area contributed by atoms with Gasteiger partial charge in [0.15, 0.2) is 0 Å². The molecule has 0 radical (unpaired) electrons. The van der Waals surface area contributed by atoms with Gasteiger partial charge in [0.25, 0.3) is 0 Å². The molecule has 1 aromatic carbocycles. The minimum absolute atomic E-state index is 0.195. The minimum atomic E-state index is -0.195.